The zero-order valence-corrected chi connectivity index (χ0v) is 11.8. The van der Waals surface area contributed by atoms with Crippen LogP contribution in [-0.4, -0.2) is 48.3 Å². The van der Waals surface area contributed by atoms with Gasteiger partial charge in [0.2, 0.25) is 0 Å². The second-order valence-electron chi connectivity index (χ2n) is 5.82. The summed E-state index contributed by atoms with van der Waals surface area (Å²) in [5.74, 6) is 0.769. The highest BCUT2D eigenvalue weighted by Crippen LogP contribution is 2.12. The molecule has 0 aromatic rings. The second kappa shape index (κ2) is 8.06. The molecular weight excluding hydrogens is 212 g/mol. The Kier molecular flexibility index (Phi) is 7.09. The third-order valence-corrected chi connectivity index (χ3v) is 3.47. The summed E-state index contributed by atoms with van der Waals surface area (Å²) in [4.78, 5) is 2.56. The molecule has 102 valence electrons. The molecule has 0 amide bonds. The smallest absolute Gasteiger partial charge is 0.0664 e. The molecule has 2 N–H and O–H groups in total. The third-order valence-electron chi connectivity index (χ3n) is 3.47. The number of hydrogen-bond acceptors (Lipinski definition) is 3. The summed E-state index contributed by atoms with van der Waals surface area (Å²) in [5, 5.41) is 13.2. The molecular formula is C14H30N2O. The molecule has 0 spiro atoms. The molecule has 17 heavy (non-hydrogen) atoms. The molecule has 0 saturated carbocycles. The molecule has 1 unspecified atom stereocenters. The molecule has 0 radical (unpaired) electrons. The van der Waals surface area contributed by atoms with Gasteiger partial charge in [-0.1, -0.05) is 27.2 Å². The molecule has 1 heterocycles. The van der Waals surface area contributed by atoms with Crippen LogP contribution in [0, 0.1) is 5.92 Å². The van der Waals surface area contributed by atoms with E-state index in [2.05, 4.69) is 31.0 Å². The van der Waals surface area contributed by atoms with Gasteiger partial charge >= 0.3 is 0 Å². The summed E-state index contributed by atoms with van der Waals surface area (Å²) < 4.78 is 0. The Morgan fingerprint density at radius 3 is 2.47 bits per heavy atom. The van der Waals surface area contributed by atoms with Crippen molar-refractivity contribution >= 4 is 0 Å². The van der Waals surface area contributed by atoms with Crippen LogP contribution in [-0.2, 0) is 0 Å². The van der Waals surface area contributed by atoms with E-state index in [1.54, 1.807) is 0 Å². The van der Waals surface area contributed by atoms with Gasteiger partial charge in [-0.25, -0.2) is 0 Å². The van der Waals surface area contributed by atoms with Gasteiger partial charge in [0.25, 0.3) is 0 Å². The molecule has 0 bridgehead atoms. The Bertz CT molecular complexity index is 189. The van der Waals surface area contributed by atoms with Crippen LogP contribution in [0.2, 0.25) is 0 Å². The van der Waals surface area contributed by atoms with Crippen molar-refractivity contribution in [1.82, 2.24) is 10.2 Å². The number of nitrogens with one attached hydrogen (secondary N) is 1. The predicted molar refractivity (Wildman–Crippen MR) is 73.2 cm³/mol. The summed E-state index contributed by atoms with van der Waals surface area (Å²) in [6.07, 6.45) is 4.28. The van der Waals surface area contributed by atoms with Crippen molar-refractivity contribution in [2.24, 2.45) is 5.92 Å². The van der Waals surface area contributed by atoms with Crippen LogP contribution in [0.1, 0.15) is 46.5 Å². The Hall–Kier alpha value is -0.120. The second-order valence-corrected chi connectivity index (χ2v) is 5.82. The maximum absolute atomic E-state index is 9.68. The summed E-state index contributed by atoms with van der Waals surface area (Å²) in [5.41, 5.74) is 0. The lowest BCUT2D eigenvalue weighted by molar-refractivity contribution is 0.139. The summed E-state index contributed by atoms with van der Waals surface area (Å²) in [7, 11) is 0. The predicted octanol–water partition coefficient (Wildman–Crippen LogP) is 1.86. The largest absolute Gasteiger partial charge is 0.392 e. The average Bonchev–Trinajstić information content (AvgIpc) is 2.28. The van der Waals surface area contributed by atoms with Crippen molar-refractivity contribution in [1.29, 1.82) is 0 Å². The van der Waals surface area contributed by atoms with Crippen LogP contribution in [0.5, 0.6) is 0 Å². The zero-order chi connectivity index (χ0) is 12.7. The van der Waals surface area contributed by atoms with Crippen molar-refractivity contribution in [3.05, 3.63) is 0 Å². The van der Waals surface area contributed by atoms with E-state index in [4.69, 9.17) is 0 Å². The molecule has 0 aromatic carbocycles. The van der Waals surface area contributed by atoms with Crippen molar-refractivity contribution in [2.75, 3.05) is 26.2 Å². The minimum Gasteiger partial charge on any atom is -0.392 e. The number of nitrogens with zero attached hydrogens (tertiary/aromatic N) is 1. The Labute approximate surface area is 107 Å². The molecule has 1 fully saturated rings. The van der Waals surface area contributed by atoms with E-state index in [1.165, 1.54) is 32.5 Å². The van der Waals surface area contributed by atoms with Crippen LogP contribution < -0.4 is 5.32 Å². The highest BCUT2D eigenvalue weighted by atomic mass is 16.3. The van der Waals surface area contributed by atoms with Crippen molar-refractivity contribution in [2.45, 2.75) is 58.6 Å². The lowest BCUT2D eigenvalue weighted by atomic mass is 10.0. The highest BCUT2D eigenvalue weighted by molar-refractivity contribution is 4.78. The normalized spacial score (nSPS) is 21.0. The van der Waals surface area contributed by atoms with E-state index in [9.17, 15) is 5.11 Å². The number of likely N-dealkylation sites (tertiary alicyclic amines) is 1. The van der Waals surface area contributed by atoms with E-state index in [0.29, 0.717) is 6.04 Å². The van der Waals surface area contributed by atoms with E-state index in [0.717, 1.165) is 25.3 Å². The van der Waals surface area contributed by atoms with Crippen LogP contribution in [0.3, 0.4) is 0 Å². The van der Waals surface area contributed by atoms with Gasteiger partial charge in [-0.3, -0.25) is 0 Å². The Balaban J connectivity index is 2.10. The van der Waals surface area contributed by atoms with Gasteiger partial charge in [-0.2, -0.15) is 0 Å². The number of aliphatic hydroxyl groups excluding tert-OH is 1. The monoisotopic (exact) mass is 242 g/mol. The molecule has 0 aliphatic carbocycles. The van der Waals surface area contributed by atoms with E-state index in [-0.39, 0.29) is 6.10 Å². The van der Waals surface area contributed by atoms with Gasteiger partial charge in [0.1, 0.15) is 0 Å². The van der Waals surface area contributed by atoms with Crippen molar-refractivity contribution in [3.8, 4) is 0 Å². The maximum Gasteiger partial charge on any atom is 0.0664 e. The topological polar surface area (TPSA) is 35.5 Å². The van der Waals surface area contributed by atoms with Crippen molar-refractivity contribution < 1.29 is 5.11 Å². The molecule has 3 nitrogen and oxygen atoms in total. The molecule has 1 aliphatic heterocycles. The van der Waals surface area contributed by atoms with Crippen molar-refractivity contribution in [3.63, 3.8) is 0 Å². The van der Waals surface area contributed by atoms with Crippen LogP contribution >= 0.6 is 0 Å². The number of piperidine rings is 1. The van der Waals surface area contributed by atoms with E-state index >= 15 is 0 Å². The maximum atomic E-state index is 9.68. The van der Waals surface area contributed by atoms with Crippen LogP contribution in [0.25, 0.3) is 0 Å². The van der Waals surface area contributed by atoms with Gasteiger partial charge in [-0.15, -0.1) is 0 Å². The zero-order valence-electron chi connectivity index (χ0n) is 11.8. The fraction of sp³-hybridized carbons (Fsp3) is 1.00. The summed E-state index contributed by atoms with van der Waals surface area (Å²) >= 11 is 0. The first-order valence-electron chi connectivity index (χ1n) is 7.25. The SMILES string of the molecule is CCCC(O)CNC1CCN(CC(C)C)CC1. The number of rotatable bonds is 7. The standard InChI is InChI=1S/C14H30N2O/c1-4-5-14(17)10-15-13-6-8-16(9-7-13)11-12(2)3/h12-15,17H,4-11H2,1-3H3. The molecule has 0 aromatic heterocycles. The summed E-state index contributed by atoms with van der Waals surface area (Å²) in [6.45, 7) is 11.1. The molecule has 1 rings (SSSR count). The number of hydrogen-bond donors (Lipinski definition) is 2. The van der Waals surface area contributed by atoms with Gasteiger partial charge in [-0.05, 0) is 38.3 Å². The molecule has 1 saturated heterocycles. The van der Waals surface area contributed by atoms with Gasteiger partial charge in [0.05, 0.1) is 6.10 Å². The minimum atomic E-state index is -0.159. The Morgan fingerprint density at radius 1 is 1.29 bits per heavy atom. The Morgan fingerprint density at radius 2 is 1.94 bits per heavy atom. The average molecular weight is 242 g/mol. The van der Waals surface area contributed by atoms with E-state index in [1.807, 2.05) is 0 Å². The molecule has 3 heteroatoms. The van der Waals surface area contributed by atoms with Crippen LogP contribution in [0.15, 0.2) is 0 Å². The van der Waals surface area contributed by atoms with Crippen LogP contribution in [0.4, 0.5) is 0 Å². The lowest BCUT2D eigenvalue weighted by Gasteiger charge is -2.33. The summed E-state index contributed by atoms with van der Waals surface area (Å²) in [6, 6.07) is 0.616. The fourth-order valence-corrected chi connectivity index (χ4v) is 2.57. The van der Waals surface area contributed by atoms with E-state index < -0.39 is 0 Å². The van der Waals surface area contributed by atoms with Gasteiger partial charge in [0, 0.05) is 19.1 Å². The molecule has 1 atom stereocenters. The highest BCUT2D eigenvalue weighted by Gasteiger charge is 2.19. The third kappa shape index (κ3) is 6.39. The van der Waals surface area contributed by atoms with Gasteiger partial charge in [0.15, 0.2) is 0 Å². The first kappa shape index (κ1) is 14.9. The quantitative estimate of drug-likeness (QED) is 0.715. The lowest BCUT2D eigenvalue weighted by Crippen LogP contribution is -2.45. The van der Waals surface area contributed by atoms with Gasteiger partial charge < -0.3 is 15.3 Å². The molecule has 1 aliphatic rings. The first-order chi connectivity index (χ1) is 8.11. The minimum absolute atomic E-state index is 0.159. The number of aliphatic hydroxyl groups is 1. The first-order valence-corrected chi connectivity index (χ1v) is 7.25. The fourth-order valence-electron chi connectivity index (χ4n) is 2.57.